The molecule has 0 fully saturated rings. The van der Waals surface area contributed by atoms with Gasteiger partial charge in [0.05, 0.1) is 7.11 Å². The molecular formula is C12H14O. The van der Waals surface area contributed by atoms with Crippen molar-refractivity contribution in [2.24, 2.45) is 0 Å². The molecule has 0 saturated carbocycles. The van der Waals surface area contributed by atoms with Crippen molar-refractivity contribution in [3.8, 4) is 5.75 Å². The largest absolute Gasteiger partial charge is 0.497 e. The van der Waals surface area contributed by atoms with Crippen molar-refractivity contribution >= 4 is 5.57 Å². The Morgan fingerprint density at radius 3 is 2.85 bits per heavy atom. The first-order chi connectivity index (χ1) is 6.27. The predicted octanol–water partition coefficient (Wildman–Crippen LogP) is 3.28. The summed E-state index contributed by atoms with van der Waals surface area (Å²) in [6, 6.07) is 7.98. The van der Waals surface area contributed by atoms with E-state index in [1.54, 1.807) is 13.2 Å². The van der Waals surface area contributed by atoms with Crippen molar-refractivity contribution in [2.75, 3.05) is 7.11 Å². The highest BCUT2D eigenvalue weighted by atomic mass is 16.5. The van der Waals surface area contributed by atoms with Gasteiger partial charge in [-0.1, -0.05) is 30.9 Å². The normalized spacial score (nSPS) is 11.1. The second-order valence-electron chi connectivity index (χ2n) is 2.82. The van der Waals surface area contributed by atoms with E-state index in [1.165, 1.54) is 11.1 Å². The standard InChI is InChI=1S/C12H14O/c1-4-6-10(2)11-7-5-8-12(9-11)13-3/h4-9H,1H2,2-3H3/b10-6+. The maximum Gasteiger partial charge on any atom is 0.119 e. The zero-order valence-corrected chi connectivity index (χ0v) is 8.08. The fourth-order valence-corrected chi connectivity index (χ4v) is 1.14. The van der Waals surface area contributed by atoms with Crippen LogP contribution in [-0.4, -0.2) is 7.11 Å². The molecule has 0 bridgehead atoms. The number of hydrogen-bond acceptors (Lipinski definition) is 1. The van der Waals surface area contributed by atoms with Crippen LogP contribution in [0.15, 0.2) is 43.0 Å². The molecule has 0 aliphatic carbocycles. The van der Waals surface area contributed by atoms with Gasteiger partial charge in [-0.25, -0.2) is 0 Å². The van der Waals surface area contributed by atoms with Crippen LogP contribution in [0.3, 0.4) is 0 Å². The van der Waals surface area contributed by atoms with Gasteiger partial charge in [0.15, 0.2) is 0 Å². The zero-order chi connectivity index (χ0) is 9.68. The molecule has 0 aliphatic rings. The molecule has 68 valence electrons. The van der Waals surface area contributed by atoms with Crippen LogP contribution in [0.25, 0.3) is 5.57 Å². The molecule has 0 unspecified atom stereocenters. The number of benzene rings is 1. The lowest BCUT2D eigenvalue weighted by molar-refractivity contribution is 0.414. The number of hydrogen-bond donors (Lipinski definition) is 0. The Morgan fingerprint density at radius 2 is 2.23 bits per heavy atom. The van der Waals surface area contributed by atoms with Gasteiger partial charge in [0.2, 0.25) is 0 Å². The molecule has 0 spiro atoms. The SMILES string of the molecule is C=C/C=C(\C)c1cccc(OC)c1. The van der Waals surface area contributed by atoms with Crippen molar-refractivity contribution in [3.63, 3.8) is 0 Å². The smallest absolute Gasteiger partial charge is 0.119 e. The van der Waals surface area contributed by atoms with Gasteiger partial charge in [-0.15, -0.1) is 0 Å². The first-order valence-electron chi connectivity index (χ1n) is 4.21. The van der Waals surface area contributed by atoms with E-state index in [4.69, 9.17) is 4.74 Å². The molecule has 0 aromatic heterocycles. The Balaban J connectivity index is 3.01. The Morgan fingerprint density at radius 1 is 1.46 bits per heavy atom. The third-order valence-electron chi connectivity index (χ3n) is 1.89. The zero-order valence-electron chi connectivity index (χ0n) is 8.08. The first-order valence-corrected chi connectivity index (χ1v) is 4.21. The second kappa shape index (κ2) is 4.51. The monoisotopic (exact) mass is 174 g/mol. The molecule has 1 heteroatoms. The van der Waals surface area contributed by atoms with Crippen molar-refractivity contribution in [1.29, 1.82) is 0 Å². The van der Waals surface area contributed by atoms with Crippen LogP contribution in [-0.2, 0) is 0 Å². The summed E-state index contributed by atoms with van der Waals surface area (Å²) in [4.78, 5) is 0. The van der Waals surface area contributed by atoms with E-state index in [2.05, 4.69) is 19.6 Å². The lowest BCUT2D eigenvalue weighted by Gasteiger charge is -2.03. The van der Waals surface area contributed by atoms with Crippen molar-refractivity contribution < 1.29 is 4.74 Å². The minimum absolute atomic E-state index is 0.884. The van der Waals surface area contributed by atoms with E-state index in [0.717, 1.165) is 5.75 Å². The minimum Gasteiger partial charge on any atom is -0.497 e. The quantitative estimate of drug-likeness (QED) is 0.639. The number of rotatable bonds is 3. The van der Waals surface area contributed by atoms with Crippen LogP contribution in [0, 0.1) is 0 Å². The topological polar surface area (TPSA) is 9.23 Å². The summed E-state index contributed by atoms with van der Waals surface area (Å²) >= 11 is 0. The van der Waals surface area contributed by atoms with Gasteiger partial charge < -0.3 is 4.74 Å². The molecule has 1 aromatic carbocycles. The third kappa shape index (κ3) is 2.48. The van der Waals surface area contributed by atoms with Crippen LogP contribution >= 0.6 is 0 Å². The average Bonchev–Trinajstić information content (AvgIpc) is 2.18. The molecule has 0 amide bonds. The summed E-state index contributed by atoms with van der Waals surface area (Å²) in [6.45, 7) is 5.71. The van der Waals surface area contributed by atoms with E-state index in [9.17, 15) is 0 Å². The number of allylic oxidation sites excluding steroid dienone is 3. The van der Waals surface area contributed by atoms with E-state index >= 15 is 0 Å². The van der Waals surface area contributed by atoms with Gasteiger partial charge in [-0.05, 0) is 30.2 Å². The molecule has 0 atom stereocenters. The molecule has 1 nitrogen and oxygen atoms in total. The fourth-order valence-electron chi connectivity index (χ4n) is 1.14. The molecule has 0 aliphatic heterocycles. The first kappa shape index (κ1) is 9.59. The molecule has 0 saturated heterocycles. The highest BCUT2D eigenvalue weighted by Gasteiger charge is 1.95. The molecular weight excluding hydrogens is 160 g/mol. The summed E-state index contributed by atoms with van der Waals surface area (Å²) in [5.41, 5.74) is 2.35. The van der Waals surface area contributed by atoms with Crippen molar-refractivity contribution in [2.45, 2.75) is 6.92 Å². The van der Waals surface area contributed by atoms with Gasteiger partial charge >= 0.3 is 0 Å². The minimum atomic E-state index is 0.884. The van der Waals surface area contributed by atoms with Crippen LogP contribution in [0.4, 0.5) is 0 Å². The number of methoxy groups -OCH3 is 1. The summed E-state index contributed by atoms with van der Waals surface area (Å²) in [5.74, 6) is 0.884. The van der Waals surface area contributed by atoms with E-state index < -0.39 is 0 Å². The van der Waals surface area contributed by atoms with Gasteiger partial charge in [0, 0.05) is 0 Å². The van der Waals surface area contributed by atoms with Gasteiger partial charge in [-0.3, -0.25) is 0 Å². The van der Waals surface area contributed by atoms with Crippen molar-refractivity contribution in [1.82, 2.24) is 0 Å². The summed E-state index contributed by atoms with van der Waals surface area (Å²) in [5, 5.41) is 0. The Bertz CT molecular complexity index is 324. The highest BCUT2D eigenvalue weighted by Crippen LogP contribution is 2.19. The van der Waals surface area contributed by atoms with E-state index in [-0.39, 0.29) is 0 Å². The Hall–Kier alpha value is -1.50. The Kier molecular flexibility index (Phi) is 3.32. The van der Waals surface area contributed by atoms with E-state index in [1.807, 2.05) is 24.3 Å². The highest BCUT2D eigenvalue weighted by molar-refractivity contribution is 5.66. The second-order valence-corrected chi connectivity index (χ2v) is 2.82. The molecule has 13 heavy (non-hydrogen) atoms. The Labute approximate surface area is 79.4 Å². The summed E-state index contributed by atoms with van der Waals surface area (Å²) < 4.78 is 5.13. The average molecular weight is 174 g/mol. The van der Waals surface area contributed by atoms with Gasteiger partial charge in [0.25, 0.3) is 0 Å². The van der Waals surface area contributed by atoms with E-state index in [0.29, 0.717) is 0 Å². The van der Waals surface area contributed by atoms with Gasteiger partial charge in [-0.2, -0.15) is 0 Å². The maximum absolute atomic E-state index is 5.13. The van der Waals surface area contributed by atoms with Crippen LogP contribution in [0.1, 0.15) is 12.5 Å². The van der Waals surface area contributed by atoms with Crippen LogP contribution in [0.5, 0.6) is 5.75 Å². The lowest BCUT2D eigenvalue weighted by Crippen LogP contribution is -1.84. The maximum atomic E-state index is 5.13. The third-order valence-corrected chi connectivity index (χ3v) is 1.89. The van der Waals surface area contributed by atoms with Crippen LogP contribution < -0.4 is 4.74 Å². The summed E-state index contributed by atoms with van der Waals surface area (Å²) in [6.07, 6.45) is 3.77. The number of ether oxygens (including phenoxy) is 1. The molecule has 0 radical (unpaired) electrons. The lowest BCUT2D eigenvalue weighted by atomic mass is 10.1. The molecule has 1 rings (SSSR count). The molecule has 0 N–H and O–H groups in total. The molecule has 1 aromatic rings. The van der Waals surface area contributed by atoms with Gasteiger partial charge in [0.1, 0.15) is 5.75 Å². The predicted molar refractivity (Wildman–Crippen MR) is 56.8 cm³/mol. The molecule has 0 heterocycles. The summed E-state index contributed by atoms with van der Waals surface area (Å²) in [7, 11) is 1.67. The van der Waals surface area contributed by atoms with Crippen LogP contribution in [0.2, 0.25) is 0 Å². The van der Waals surface area contributed by atoms with Crippen molar-refractivity contribution in [3.05, 3.63) is 48.6 Å². The fraction of sp³-hybridized carbons (Fsp3) is 0.167.